The third kappa shape index (κ3) is 3.72. The quantitative estimate of drug-likeness (QED) is 0.317. The van der Waals surface area contributed by atoms with Crippen LogP contribution in [0.1, 0.15) is 0 Å². The molecule has 0 saturated carbocycles. The lowest BCUT2D eigenvalue weighted by molar-refractivity contribution is 1.64. The highest BCUT2D eigenvalue weighted by atomic mass is 32.2. The van der Waals surface area contributed by atoms with Gasteiger partial charge in [0.15, 0.2) is 0 Å². The molecule has 0 heterocycles. The molecule has 3 heteroatoms. The number of aliphatic imine (C=N–C) groups is 1. The summed E-state index contributed by atoms with van der Waals surface area (Å²) < 4.78 is 0. The van der Waals surface area contributed by atoms with Crippen LogP contribution in [0.2, 0.25) is 0 Å². The fraction of sp³-hybridized carbons (Fsp3) is 0. The van der Waals surface area contributed by atoms with Crippen LogP contribution in [0.3, 0.4) is 0 Å². The van der Waals surface area contributed by atoms with Crippen molar-refractivity contribution in [1.29, 1.82) is 0 Å². The predicted octanol–water partition coefficient (Wildman–Crippen LogP) is 0.765. The maximum atomic E-state index is 4.93. The van der Waals surface area contributed by atoms with E-state index in [9.17, 15) is 0 Å². The van der Waals surface area contributed by atoms with Gasteiger partial charge in [0.1, 0.15) is 0 Å². The monoisotopic (exact) mass is 102 g/mol. The smallest absolute Gasteiger partial charge is 0.0746 e. The van der Waals surface area contributed by atoms with Gasteiger partial charge in [0, 0.05) is 6.20 Å². The van der Waals surface area contributed by atoms with Crippen LogP contribution in [0.5, 0.6) is 0 Å². The van der Waals surface area contributed by atoms with Gasteiger partial charge in [0.2, 0.25) is 0 Å². The van der Waals surface area contributed by atoms with Crippen molar-refractivity contribution in [1.82, 2.24) is 0 Å². The number of hydrogen-bond donors (Lipinski definition) is 1. The first-order valence-corrected chi connectivity index (χ1v) is 2.34. The molecule has 0 aliphatic carbocycles. The predicted molar refractivity (Wildman–Crippen MR) is 30.5 cm³/mol. The third-order valence-corrected chi connectivity index (χ3v) is 0.471. The largest absolute Gasteiger partial charge is 0.273 e. The van der Waals surface area contributed by atoms with Gasteiger partial charge in [-0.3, -0.25) is 10.1 Å². The molecule has 0 bridgehead atoms. The maximum Gasteiger partial charge on any atom is 0.0746 e. The van der Waals surface area contributed by atoms with Gasteiger partial charge in [-0.05, 0) is 11.9 Å². The fourth-order valence-corrected chi connectivity index (χ4v) is 0.235. The van der Waals surface area contributed by atoms with Gasteiger partial charge < -0.3 is 0 Å². The Morgan fingerprint density at radius 2 is 2.50 bits per heavy atom. The van der Waals surface area contributed by atoms with Crippen LogP contribution in [0.25, 0.3) is 0 Å². The molecule has 0 unspecified atom stereocenters. The zero-order valence-electron chi connectivity index (χ0n) is 3.29. The summed E-state index contributed by atoms with van der Waals surface area (Å²) in [5.74, 6) is 0. The Morgan fingerprint density at radius 3 is 2.67 bits per heavy atom. The Bertz CT molecular complexity index is 59.8. The molecule has 0 radical (unpaired) electrons. The Labute approximate surface area is 41.3 Å². The minimum Gasteiger partial charge on any atom is -0.273 e. The van der Waals surface area contributed by atoms with E-state index in [0.29, 0.717) is 0 Å². The molecular weight excluding hydrogens is 96.1 g/mol. The van der Waals surface area contributed by atoms with Crippen molar-refractivity contribution in [3.63, 3.8) is 0 Å². The van der Waals surface area contributed by atoms with Gasteiger partial charge in [-0.1, -0.05) is 6.58 Å². The van der Waals surface area contributed by atoms with E-state index in [1.165, 1.54) is 11.7 Å². The minimum absolute atomic E-state index is 1.06. The van der Waals surface area contributed by atoms with Crippen molar-refractivity contribution in [3.8, 4) is 0 Å². The lowest BCUT2D eigenvalue weighted by Crippen LogP contribution is -1.72. The molecule has 0 aromatic carbocycles. The molecule has 0 aromatic rings. The molecule has 34 valence electrons. The standard InChI is InChI=1S/C3H6N2S/c1-2-5-3-6-4/h2-3H,1,4H2/b5-3-. The molecule has 0 aromatic heterocycles. The normalized spacial score (nSPS) is 9.50. The Hall–Kier alpha value is -0.280. The first-order valence-electron chi connectivity index (χ1n) is 1.40. The number of rotatable bonds is 2. The van der Waals surface area contributed by atoms with Crippen LogP contribution >= 0.6 is 11.9 Å². The molecule has 2 N–H and O–H groups in total. The topological polar surface area (TPSA) is 38.4 Å². The van der Waals surface area contributed by atoms with E-state index < -0.39 is 0 Å². The molecular formula is C3H6N2S. The lowest BCUT2D eigenvalue weighted by atomic mass is 11.1. The zero-order valence-corrected chi connectivity index (χ0v) is 4.11. The Balaban J connectivity index is 2.94. The highest BCUT2D eigenvalue weighted by Gasteiger charge is 1.55. The van der Waals surface area contributed by atoms with Crippen LogP contribution in [0.15, 0.2) is 17.8 Å². The van der Waals surface area contributed by atoms with E-state index in [1.807, 2.05) is 0 Å². The van der Waals surface area contributed by atoms with E-state index in [2.05, 4.69) is 11.6 Å². The highest BCUT2D eigenvalue weighted by molar-refractivity contribution is 8.10. The van der Waals surface area contributed by atoms with Crippen molar-refractivity contribution in [2.75, 3.05) is 0 Å². The molecule has 0 amide bonds. The summed E-state index contributed by atoms with van der Waals surface area (Å²) in [6.07, 6.45) is 1.43. The average molecular weight is 102 g/mol. The SMILES string of the molecule is C=C/N=C\SN. The summed E-state index contributed by atoms with van der Waals surface area (Å²) in [4.78, 5) is 3.57. The molecule has 2 nitrogen and oxygen atoms in total. The molecule has 0 fully saturated rings. The van der Waals surface area contributed by atoms with Gasteiger partial charge in [-0.15, -0.1) is 0 Å². The van der Waals surface area contributed by atoms with Crippen molar-refractivity contribution >= 4 is 17.5 Å². The maximum absolute atomic E-state index is 4.93. The Morgan fingerprint density at radius 1 is 1.83 bits per heavy atom. The Kier molecular flexibility index (Phi) is 4.50. The van der Waals surface area contributed by atoms with E-state index in [0.717, 1.165) is 11.9 Å². The second-order valence-electron chi connectivity index (χ2n) is 0.573. The van der Waals surface area contributed by atoms with E-state index in [4.69, 9.17) is 5.14 Å². The van der Waals surface area contributed by atoms with Crippen molar-refractivity contribution in [2.24, 2.45) is 10.1 Å². The van der Waals surface area contributed by atoms with Crippen molar-refractivity contribution in [3.05, 3.63) is 12.8 Å². The van der Waals surface area contributed by atoms with Crippen LogP contribution in [-0.4, -0.2) is 5.55 Å². The highest BCUT2D eigenvalue weighted by Crippen LogP contribution is 1.74. The number of nitrogens with two attached hydrogens (primary N) is 1. The second-order valence-corrected chi connectivity index (χ2v) is 1.06. The van der Waals surface area contributed by atoms with Crippen LogP contribution in [0, 0.1) is 0 Å². The van der Waals surface area contributed by atoms with E-state index in [-0.39, 0.29) is 0 Å². The van der Waals surface area contributed by atoms with E-state index in [1.54, 1.807) is 0 Å². The van der Waals surface area contributed by atoms with Gasteiger partial charge in [-0.25, -0.2) is 0 Å². The van der Waals surface area contributed by atoms with Gasteiger partial charge in [0.05, 0.1) is 5.55 Å². The number of hydrogen-bond acceptors (Lipinski definition) is 3. The molecule has 0 aliphatic heterocycles. The third-order valence-electron chi connectivity index (χ3n) is 0.227. The van der Waals surface area contributed by atoms with E-state index >= 15 is 0 Å². The zero-order chi connectivity index (χ0) is 4.83. The first kappa shape index (κ1) is 5.72. The molecule has 0 atom stereocenters. The average Bonchev–Trinajstić information content (AvgIpc) is 1.61. The molecule has 0 aliphatic rings. The first-order chi connectivity index (χ1) is 2.91. The lowest BCUT2D eigenvalue weighted by Gasteiger charge is -1.69. The summed E-state index contributed by atoms with van der Waals surface area (Å²) >= 11 is 1.06. The summed E-state index contributed by atoms with van der Waals surface area (Å²) in [6, 6.07) is 0. The van der Waals surface area contributed by atoms with Crippen molar-refractivity contribution in [2.45, 2.75) is 0 Å². The molecule has 6 heavy (non-hydrogen) atoms. The van der Waals surface area contributed by atoms with Crippen LogP contribution in [-0.2, 0) is 0 Å². The summed E-state index contributed by atoms with van der Waals surface area (Å²) in [5, 5.41) is 4.93. The minimum atomic E-state index is 1.06. The van der Waals surface area contributed by atoms with Gasteiger partial charge >= 0.3 is 0 Å². The van der Waals surface area contributed by atoms with Crippen molar-refractivity contribution < 1.29 is 0 Å². The molecule has 0 rings (SSSR count). The van der Waals surface area contributed by atoms with Crippen LogP contribution in [0.4, 0.5) is 0 Å². The summed E-state index contributed by atoms with van der Waals surface area (Å²) in [6.45, 7) is 3.33. The molecule has 0 spiro atoms. The fourth-order valence-electron chi connectivity index (χ4n) is 0.0782. The second kappa shape index (κ2) is 4.72. The summed E-state index contributed by atoms with van der Waals surface area (Å²) in [7, 11) is 0. The van der Waals surface area contributed by atoms with Gasteiger partial charge in [-0.2, -0.15) is 0 Å². The molecule has 0 saturated heterocycles. The summed E-state index contributed by atoms with van der Waals surface area (Å²) in [5.41, 5.74) is 1.51. The van der Waals surface area contributed by atoms with Crippen LogP contribution < -0.4 is 5.14 Å². The number of nitrogens with zero attached hydrogens (tertiary/aromatic N) is 1. The van der Waals surface area contributed by atoms with Gasteiger partial charge in [0.25, 0.3) is 0 Å².